The molecule has 1 aliphatic rings. The molecule has 1 N–H and O–H groups in total. The van der Waals surface area contributed by atoms with Crippen LogP contribution in [0.5, 0.6) is 11.5 Å². The summed E-state index contributed by atoms with van der Waals surface area (Å²) in [6, 6.07) is 13.1. The molecule has 0 aliphatic carbocycles. The van der Waals surface area contributed by atoms with E-state index in [0.717, 1.165) is 11.3 Å². The van der Waals surface area contributed by atoms with Gasteiger partial charge in [0, 0.05) is 19.1 Å². The predicted molar refractivity (Wildman–Crippen MR) is 113 cm³/mol. The molecule has 2 aromatic rings. The van der Waals surface area contributed by atoms with Crippen molar-refractivity contribution in [2.75, 3.05) is 31.3 Å². The van der Waals surface area contributed by atoms with Gasteiger partial charge in [-0.2, -0.15) is 0 Å². The maximum Gasteiger partial charge on any atom is 0.151 e. The fraction of sp³-hybridized carbons (Fsp3) is 0.455. The maximum absolute atomic E-state index is 13.0. The minimum Gasteiger partial charge on any atom is -0.494 e. The Bertz CT molecular complexity index is 902. The van der Waals surface area contributed by atoms with E-state index in [1.165, 1.54) is 24.3 Å². The van der Waals surface area contributed by atoms with Crippen LogP contribution in [0.15, 0.2) is 48.5 Å². The van der Waals surface area contributed by atoms with Gasteiger partial charge in [-0.25, -0.2) is 12.8 Å². The Morgan fingerprint density at radius 2 is 1.73 bits per heavy atom. The Balaban J connectivity index is 1.63. The molecule has 2 unspecified atom stereocenters. The van der Waals surface area contributed by atoms with Crippen LogP contribution in [0.3, 0.4) is 0 Å². The van der Waals surface area contributed by atoms with Crippen LogP contribution >= 0.6 is 0 Å². The van der Waals surface area contributed by atoms with Gasteiger partial charge in [-0.3, -0.25) is 4.90 Å². The van der Waals surface area contributed by atoms with E-state index in [9.17, 15) is 17.9 Å². The zero-order valence-electron chi connectivity index (χ0n) is 17.0. The molecule has 0 radical (unpaired) electrons. The topological polar surface area (TPSA) is 76.1 Å². The van der Waals surface area contributed by atoms with Gasteiger partial charge in [-0.05, 0) is 55.3 Å². The number of nitrogens with zero attached hydrogens (tertiary/aromatic N) is 1. The third-order valence-corrected chi connectivity index (χ3v) is 6.80. The van der Waals surface area contributed by atoms with Gasteiger partial charge in [-0.1, -0.05) is 12.1 Å². The largest absolute Gasteiger partial charge is 0.494 e. The monoisotopic (exact) mass is 437 g/mol. The van der Waals surface area contributed by atoms with E-state index in [1.54, 1.807) is 0 Å². The summed E-state index contributed by atoms with van der Waals surface area (Å²) < 4.78 is 48.0. The summed E-state index contributed by atoms with van der Waals surface area (Å²) in [6.45, 7) is 3.33. The lowest BCUT2D eigenvalue weighted by Crippen LogP contribution is -2.42. The van der Waals surface area contributed by atoms with Crippen LogP contribution in [-0.2, 0) is 16.4 Å². The predicted octanol–water partition coefficient (Wildman–Crippen LogP) is 2.65. The van der Waals surface area contributed by atoms with E-state index < -0.39 is 15.9 Å². The van der Waals surface area contributed by atoms with Crippen molar-refractivity contribution < 1.29 is 27.4 Å². The van der Waals surface area contributed by atoms with E-state index in [1.807, 2.05) is 36.1 Å². The van der Waals surface area contributed by atoms with E-state index in [0.29, 0.717) is 25.3 Å². The summed E-state index contributed by atoms with van der Waals surface area (Å²) in [5, 5.41) is 10.5. The van der Waals surface area contributed by atoms with E-state index >= 15 is 0 Å². The van der Waals surface area contributed by atoms with Crippen molar-refractivity contribution in [3.8, 4) is 11.5 Å². The summed E-state index contributed by atoms with van der Waals surface area (Å²) in [5.74, 6) is 1.16. The SMILES string of the molecule is CCOc1ccc(CN(CC(O)COc2ccc(F)cc2)C2CCS(=O)(=O)C2)cc1. The zero-order valence-corrected chi connectivity index (χ0v) is 17.9. The first kappa shape index (κ1) is 22.5. The van der Waals surface area contributed by atoms with Crippen LogP contribution in [0.25, 0.3) is 0 Å². The van der Waals surface area contributed by atoms with Crippen LogP contribution in [0, 0.1) is 5.82 Å². The highest BCUT2D eigenvalue weighted by Gasteiger charge is 2.33. The fourth-order valence-corrected chi connectivity index (χ4v) is 5.31. The standard InChI is InChI=1S/C22H28FNO5S/c1-2-28-21-7-3-17(4-8-21)13-24(19-11-12-30(26,27)16-19)14-20(25)15-29-22-9-5-18(23)6-10-22/h3-10,19-20,25H,2,11-16H2,1H3. The molecule has 2 aromatic carbocycles. The Morgan fingerprint density at radius 1 is 1.10 bits per heavy atom. The molecule has 0 saturated carbocycles. The lowest BCUT2D eigenvalue weighted by atomic mass is 10.1. The number of ether oxygens (including phenoxy) is 2. The first-order valence-corrected chi connectivity index (χ1v) is 11.9. The molecule has 1 fully saturated rings. The second-order valence-corrected chi connectivity index (χ2v) is 9.71. The highest BCUT2D eigenvalue weighted by Crippen LogP contribution is 2.22. The number of sulfone groups is 1. The van der Waals surface area contributed by atoms with Gasteiger partial charge < -0.3 is 14.6 Å². The first-order valence-electron chi connectivity index (χ1n) is 10.1. The molecule has 1 heterocycles. The van der Waals surface area contributed by atoms with Crippen molar-refractivity contribution in [2.24, 2.45) is 0 Å². The second-order valence-electron chi connectivity index (χ2n) is 7.48. The maximum atomic E-state index is 13.0. The van der Waals surface area contributed by atoms with Gasteiger partial charge in [0.25, 0.3) is 0 Å². The molecule has 6 nitrogen and oxygen atoms in total. The van der Waals surface area contributed by atoms with Crippen molar-refractivity contribution in [1.82, 2.24) is 4.90 Å². The molecule has 1 saturated heterocycles. The summed E-state index contributed by atoms with van der Waals surface area (Å²) in [6.07, 6.45) is -0.272. The number of aliphatic hydroxyl groups is 1. The Labute approximate surface area is 177 Å². The Hall–Kier alpha value is -2.16. The van der Waals surface area contributed by atoms with Crippen LogP contribution in [0.2, 0.25) is 0 Å². The highest BCUT2D eigenvalue weighted by molar-refractivity contribution is 7.91. The van der Waals surface area contributed by atoms with Crippen molar-refractivity contribution in [3.63, 3.8) is 0 Å². The van der Waals surface area contributed by atoms with Gasteiger partial charge in [0.1, 0.15) is 30.0 Å². The average molecular weight is 438 g/mol. The molecule has 0 bridgehead atoms. The van der Waals surface area contributed by atoms with E-state index in [2.05, 4.69) is 0 Å². The number of hydrogen-bond donors (Lipinski definition) is 1. The zero-order chi connectivity index (χ0) is 21.6. The van der Waals surface area contributed by atoms with E-state index in [4.69, 9.17) is 9.47 Å². The number of hydrogen-bond acceptors (Lipinski definition) is 6. The van der Waals surface area contributed by atoms with Gasteiger partial charge in [0.15, 0.2) is 9.84 Å². The molecular formula is C22H28FNO5S. The summed E-state index contributed by atoms with van der Waals surface area (Å²) >= 11 is 0. The second kappa shape index (κ2) is 10.2. The molecule has 3 rings (SSSR count). The molecule has 0 amide bonds. The highest BCUT2D eigenvalue weighted by atomic mass is 32.2. The first-order chi connectivity index (χ1) is 14.3. The van der Waals surface area contributed by atoms with E-state index in [-0.39, 0.29) is 36.5 Å². The molecule has 164 valence electrons. The van der Waals surface area contributed by atoms with Crippen LogP contribution < -0.4 is 9.47 Å². The molecule has 1 aliphatic heterocycles. The van der Waals surface area contributed by atoms with Gasteiger partial charge >= 0.3 is 0 Å². The number of halogens is 1. The lowest BCUT2D eigenvalue weighted by molar-refractivity contribution is 0.0524. The molecular weight excluding hydrogens is 409 g/mol. The molecule has 8 heteroatoms. The Morgan fingerprint density at radius 3 is 2.33 bits per heavy atom. The van der Waals surface area contributed by atoms with Crippen molar-refractivity contribution in [2.45, 2.75) is 32.0 Å². The number of rotatable bonds is 10. The molecule has 30 heavy (non-hydrogen) atoms. The van der Waals surface area contributed by atoms with Crippen LogP contribution in [0.4, 0.5) is 4.39 Å². The number of aliphatic hydroxyl groups excluding tert-OH is 1. The third-order valence-electron chi connectivity index (χ3n) is 5.05. The molecule has 0 aromatic heterocycles. The molecule has 2 atom stereocenters. The fourth-order valence-electron chi connectivity index (χ4n) is 3.54. The smallest absolute Gasteiger partial charge is 0.151 e. The quantitative estimate of drug-likeness (QED) is 0.616. The van der Waals surface area contributed by atoms with Gasteiger partial charge in [0.05, 0.1) is 18.1 Å². The minimum atomic E-state index is -3.05. The summed E-state index contributed by atoms with van der Waals surface area (Å²) in [4.78, 5) is 2.00. The normalized spacial score (nSPS) is 19.0. The third kappa shape index (κ3) is 6.68. The van der Waals surface area contributed by atoms with Crippen LogP contribution in [0.1, 0.15) is 18.9 Å². The Kier molecular flexibility index (Phi) is 7.69. The molecule has 0 spiro atoms. The van der Waals surface area contributed by atoms with Crippen molar-refractivity contribution in [3.05, 3.63) is 59.9 Å². The summed E-state index contributed by atoms with van der Waals surface area (Å²) in [7, 11) is -3.05. The van der Waals surface area contributed by atoms with Gasteiger partial charge in [0.2, 0.25) is 0 Å². The summed E-state index contributed by atoms with van der Waals surface area (Å²) in [5.41, 5.74) is 1.01. The van der Waals surface area contributed by atoms with Crippen molar-refractivity contribution >= 4 is 9.84 Å². The minimum absolute atomic E-state index is 0.0326. The number of benzene rings is 2. The van der Waals surface area contributed by atoms with Gasteiger partial charge in [-0.15, -0.1) is 0 Å². The average Bonchev–Trinajstić information content (AvgIpc) is 3.08. The van der Waals surface area contributed by atoms with Crippen LogP contribution in [-0.4, -0.2) is 61.8 Å². The lowest BCUT2D eigenvalue weighted by Gasteiger charge is -2.30. The van der Waals surface area contributed by atoms with Crippen molar-refractivity contribution in [1.29, 1.82) is 0 Å².